The lowest BCUT2D eigenvalue weighted by Gasteiger charge is -2.13. The van der Waals surface area contributed by atoms with E-state index in [0.717, 1.165) is 0 Å². The molecule has 0 aliphatic heterocycles. The van der Waals surface area contributed by atoms with E-state index in [1.807, 2.05) is 0 Å². The summed E-state index contributed by atoms with van der Waals surface area (Å²) in [5.74, 6) is -0.552. The Morgan fingerprint density at radius 1 is 0.812 bits per heavy atom. The van der Waals surface area contributed by atoms with Gasteiger partial charge in [-0.15, -0.1) is 0 Å². The monoisotopic (exact) mass is 505 g/mol. The van der Waals surface area contributed by atoms with Gasteiger partial charge in [-0.1, -0.05) is 52.5 Å². The van der Waals surface area contributed by atoms with Gasteiger partial charge in [-0.2, -0.15) is 0 Å². The van der Waals surface area contributed by atoms with Crippen LogP contribution < -0.4 is 10.9 Å². The SMILES string of the molecule is O=C(Nc1ccc(Cl)cc1)c1cn(Cc2c(Cl)cccc2Cl)n(-c2ccc(Cl)cc2)c1=O. The van der Waals surface area contributed by atoms with E-state index >= 15 is 0 Å². The number of nitrogens with one attached hydrogen (secondary N) is 1. The van der Waals surface area contributed by atoms with Gasteiger partial charge in [0.2, 0.25) is 0 Å². The van der Waals surface area contributed by atoms with Crippen LogP contribution in [0.5, 0.6) is 0 Å². The van der Waals surface area contributed by atoms with E-state index in [0.29, 0.717) is 37.0 Å². The van der Waals surface area contributed by atoms with Gasteiger partial charge in [0.15, 0.2) is 0 Å². The smallest absolute Gasteiger partial charge is 0.284 e. The molecule has 0 aliphatic carbocycles. The van der Waals surface area contributed by atoms with Gasteiger partial charge in [0.05, 0.1) is 12.2 Å². The third kappa shape index (κ3) is 4.71. The van der Waals surface area contributed by atoms with Crippen molar-refractivity contribution in [2.45, 2.75) is 6.54 Å². The average molecular weight is 507 g/mol. The molecule has 32 heavy (non-hydrogen) atoms. The normalized spacial score (nSPS) is 10.9. The number of aromatic nitrogens is 2. The van der Waals surface area contributed by atoms with E-state index in [1.165, 1.54) is 10.9 Å². The molecule has 0 bridgehead atoms. The van der Waals surface area contributed by atoms with Crippen molar-refractivity contribution in [3.8, 4) is 5.69 Å². The number of hydrogen-bond acceptors (Lipinski definition) is 2. The molecule has 4 aromatic rings. The number of rotatable bonds is 5. The van der Waals surface area contributed by atoms with Gasteiger partial charge in [-0.05, 0) is 60.7 Å². The number of hydrogen-bond donors (Lipinski definition) is 1. The summed E-state index contributed by atoms with van der Waals surface area (Å²) in [6.07, 6.45) is 1.47. The maximum absolute atomic E-state index is 13.3. The highest BCUT2D eigenvalue weighted by Gasteiger charge is 2.20. The van der Waals surface area contributed by atoms with Crippen LogP contribution >= 0.6 is 46.4 Å². The summed E-state index contributed by atoms with van der Waals surface area (Å²) in [4.78, 5) is 26.2. The Balaban J connectivity index is 1.79. The van der Waals surface area contributed by atoms with Gasteiger partial charge in [0.25, 0.3) is 11.5 Å². The Hall–Kier alpha value is -2.70. The van der Waals surface area contributed by atoms with Gasteiger partial charge >= 0.3 is 0 Å². The molecule has 162 valence electrons. The van der Waals surface area contributed by atoms with Crippen LogP contribution in [-0.4, -0.2) is 15.3 Å². The average Bonchev–Trinajstić information content (AvgIpc) is 3.09. The fourth-order valence-corrected chi connectivity index (χ4v) is 3.96. The minimum Gasteiger partial charge on any atom is -0.322 e. The van der Waals surface area contributed by atoms with Crippen molar-refractivity contribution in [2.24, 2.45) is 0 Å². The predicted molar refractivity (Wildman–Crippen MR) is 130 cm³/mol. The summed E-state index contributed by atoms with van der Waals surface area (Å²) in [7, 11) is 0. The fourth-order valence-electron chi connectivity index (χ4n) is 3.19. The predicted octanol–water partition coefficient (Wildman–Crippen LogP) is 6.55. The van der Waals surface area contributed by atoms with Crippen LogP contribution in [0, 0.1) is 0 Å². The van der Waals surface area contributed by atoms with Crippen molar-refractivity contribution < 1.29 is 4.79 Å². The molecular weight excluding hydrogens is 492 g/mol. The van der Waals surface area contributed by atoms with Gasteiger partial charge in [0.1, 0.15) is 5.56 Å². The lowest BCUT2D eigenvalue weighted by Crippen LogP contribution is -2.26. The summed E-state index contributed by atoms with van der Waals surface area (Å²) >= 11 is 24.6. The molecule has 0 radical (unpaired) electrons. The van der Waals surface area contributed by atoms with Crippen molar-refractivity contribution in [2.75, 3.05) is 5.32 Å². The van der Waals surface area contributed by atoms with Gasteiger partial charge in [-0.25, -0.2) is 4.68 Å². The molecule has 1 amide bonds. The number of halogens is 4. The van der Waals surface area contributed by atoms with Crippen LogP contribution in [0.15, 0.2) is 77.7 Å². The first kappa shape index (κ1) is 22.5. The molecule has 0 unspecified atom stereocenters. The first-order chi connectivity index (χ1) is 15.3. The van der Waals surface area contributed by atoms with Gasteiger partial charge in [-0.3, -0.25) is 14.3 Å². The largest absolute Gasteiger partial charge is 0.322 e. The zero-order valence-electron chi connectivity index (χ0n) is 16.4. The molecule has 1 heterocycles. The molecule has 0 fully saturated rings. The first-order valence-electron chi connectivity index (χ1n) is 9.41. The minimum atomic E-state index is -0.552. The van der Waals surface area contributed by atoms with Crippen LogP contribution in [0.1, 0.15) is 15.9 Å². The highest BCUT2D eigenvalue weighted by molar-refractivity contribution is 6.36. The Kier molecular flexibility index (Phi) is 6.63. The number of anilines is 1. The number of carbonyl (C=O) groups is 1. The molecule has 1 aromatic heterocycles. The van der Waals surface area contributed by atoms with Crippen molar-refractivity contribution >= 4 is 58.0 Å². The minimum absolute atomic E-state index is 0.0434. The zero-order chi connectivity index (χ0) is 22.8. The summed E-state index contributed by atoms with van der Waals surface area (Å²) < 4.78 is 2.97. The number of carbonyl (C=O) groups excluding carboxylic acids is 1. The Bertz CT molecular complexity index is 1320. The molecule has 4 rings (SSSR count). The lowest BCUT2D eigenvalue weighted by molar-refractivity contribution is 0.102. The quantitative estimate of drug-likeness (QED) is 0.333. The Morgan fingerprint density at radius 2 is 1.38 bits per heavy atom. The number of benzene rings is 3. The summed E-state index contributed by atoms with van der Waals surface area (Å²) in [6.45, 7) is 0.171. The van der Waals surface area contributed by atoms with Crippen molar-refractivity contribution in [3.63, 3.8) is 0 Å². The molecule has 0 spiro atoms. The maximum atomic E-state index is 13.3. The van der Waals surface area contributed by atoms with Crippen molar-refractivity contribution in [1.82, 2.24) is 9.36 Å². The molecule has 0 saturated heterocycles. The number of amides is 1. The van der Waals surface area contributed by atoms with Crippen molar-refractivity contribution in [3.05, 3.63) is 114 Å². The van der Waals surface area contributed by atoms with E-state index in [4.69, 9.17) is 46.4 Å². The van der Waals surface area contributed by atoms with Crippen LogP contribution in [0.2, 0.25) is 20.1 Å². The Morgan fingerprint density at radius 3 is 1.97 bits per heavy atom. The highest BCUT2D eigenvalue weighted by atomic mass is 35.5. The van der Waals surface area contributed by atoms with E-state index in [9.17, 15) is 9.59 Å². The molecule has 9 heteroatoms. The Labute approximate surface area is 203 Å². The standard InChI is InChI=1S/C23H15Cl4N3O2/c24-14-4-8-16(9-5-14)28-22(31)19-13-29(12-18-20(26)2-1-3-21(18)27)30(23(19)32)17-10-6-15(25)7-11-17/h1-11,13H,12H2,(H,28,31). The maximum Gasteiger partial charge on any atom is 0.284 e. The lowest BCUT2D eigenvalue weighted by atomic mass is 10.2. The molecule has 0 aliphatic rings. The molecular formula is C23H15Cl4N3O2. The fraction of sp³-hybridized carbons (Fsp3) is 0.0435. The molecule has 0 atom stereocenters. The van der Waals surface area contributed by atoms with E-state index < -0.39 is 11.5 Å². The molecule has 3 aromatic carbocycles. The van der Waals surface area contributed by atoms with E-state index in [-0.39, 0.29) is 12.1 Å². The van der Waals surface area contributed by atoms with Crippen molar-refractivity contribution in [1.29, 1.82) is 0 Å². The third-order valence-electron chi connectivity index (χ3n) is 4.76. The van der Waals surface area contributed by atoms with Crippen LogP contribution in [0.25, 0.3) is 5.69 Å². The topological polar surface area (TPSA) is 56.0 Å². The molecule has 0 saturated carbocycles. The van der Waals surface area contributed by atoms with E-state index in [1.54, 1.807) is 71.4 Å². The summed E-state index contributed by atoms with van der Waals surface area (Å²) in [5, 5.41) is 4.68. The second kappa shape index (κ2) is 9.43. The first-order valence-corrected chi connectivity index (χ1v) is 10.9. The second-order valence-corrected chi connectivity index (χ2v) is 8.58. The third-order valence-corrected chi connectivity index (χ3v) is 5.97. The van der Waals surface area contributed by atoms with Crippen LogP contribution in [0.4, 0.5) is 5.69 Å². The summed E-state index contributed by atoms with van der Waals surface area (Å²) in [5.41, 5.74) is 1.13. The van der Waals surface area contributed by atoms with Gasteiger partial charge in [0, 0.05) is 37.5 Å². The van der Waals surface area contributed by atoms with Gasteiger partial charge < -0.3 is 5.32 Å². The molecule has 1 N–H and O–H groups in total. The van der Waals surface area contributed by atoms with E-state index in [2.05, 4.69) is 5.32 Å². The highest BCUT2D eigenvalue weighted by Crippen LogP contribution is 2.26. The number of nitrogens with zero attached hydrogens (tertiary/aromatic N) is 2. The zero-order valence-corrected chi connectivity index (χ0v) is 19.4. The van der Waals surface area contributed by atoms with Crippen LogP contribution in [0.3, 0.4) is 0 Å². The second-order valence-electron chi connectivity index (χ2n) is 6.89. The van der Waals surface area contributed by atoms with Crippen LogP contribution in [-0.2, 0) is 6.54 Å². The molecule has 5 nitrogen and oxygen atoms in total. The summed E-state index contributed by atoms with van der Waals surface area (Å²) in [6, 6.07) is 18.5.